The average Bonchev–Trinajstić information content (AvgIpc) is 2.69. The molecule has 2 aromatic carbocycles. The van der Waals surface area contributed by atoms with Crippen molar-refractivity contribution < 1.29 is 8.63 Å². The third-order valence-corrected chi connectivity index (χ3v) is 12.4. The molecule has 0 radical (unpaired) electrons. The molecule has 5 heteroatoms. The molecule has 0 aliphatic carbocycles. The van der Waals surface area contributed by atoms with Gasteiger partial charge in [-0.05, 0) is 49.5 Å². The lowest BCUT2D eigenvalue weighted by Crippen LogP contribution is -2.68. The summed E-state index contributed by atoms with van der Waals surface area (Å²) in [4.78, 5) is 0. The van der Waals surface area contributed by atoms with E-state index in [1.54, 1.807) is 0 Å². The van der Waals surface area contributed by atoms with E-state index in [-0.39, 0.29) is 21.9 Å². The minimum atomic E-state index is -2.63. The van der Waals surface area contributed by atoms with Crippen LogP contribution >= 0.6 is 0 Å². The first-order valence-corrected chi connectivity index (χ1v) is 14.0. The SMILES string of the molecule is CC[C@H](N[S@@](=O)C(C)(C)C)[C@H](C)O[Si](c1ccccc1)(c1ccccc1)C(C)(C)C. The first kappa shape index (κ1) is 25.0. The number of hydrogen-bond acceptors (Lipinski definition) is 2. The molecule has 0 heterocycles. The van der Waals surface area contributed by atoms with Gasteiger partial charge in [-0.2, -0.15) is 0 Å². The maximum Gasteiger partial charge on any atom is 0.261 e. The van der Waals surface area contributed by atoms with E-state index in [2.05, 4.69) is 100 Å². The molecule has 0 saturated heterocycles. The Morgan fingerprint density at radius 1 is 0.900 bits per heavy atom. The lowest BCUT2D eigenvalue weighted by molar-refractivity contribution is 0.167. The normalized spacial score (nSPS) is 16.1. The Labute approximate surface area is 187 Å². The lowest BCUT2D eigenvalue weighted by atomic mass is 10.1. The van der Waals surface area contributed by atoms with Gasteiger partial charge in [0.2, 0.25) is 0 Å². The van der Waals surface area contributed by atoms with Crippen LogP contribution in [0.15, 0.2) is 60.7 Å². The van der Waals surface area contributed by atoms with Gasteiger partial charge in [-0.15, -0.1) is 0 Å². The Balaban J connectivity index is 2.54. The first-order valence-electron chi connectivity index (χ1n) is 10.9. The number of rotatable bonds is 8. The second-order valence-corrected chi connectivity index (χ2v) is 16.3. The van der Waals surface area contributed by atoms with E-state index in [1.807, 2.05) is 20.8 Å². The molecule has 0 aromatic heterocycles. The van der Waals surface area contributed by atoms with Crippen molar-refractivity contribution in [3.63, 3.8) is 0 Å². The monoisotopic (exact) mass is 445 g/mol. The van der Waals surface area contributed by atoms with Gasteiger partial charge in [-0.1, -0.05) is 88.4 Å². The van der Waals surface area contributed by atoms with E-state index in [4.69, 9.17) is 4.43 Å². The van der Waals surface area contributed by atoms with Crippen molar-refractivity contribution in [3.8, 4) is 0 Å². The minimum absolute atomic E-state index is 0.00621. The van der Waals surface area contributed by atoms with Gasteiger partial charge in [0.25, 0.3) is 8.32 Å². The van der Waals surface area contributed by atoms with Crippen LogP contribution in [0.25, 0.3) is 0 Å². The summed E-state index contributed by atoms with van der Waals surface area (Å²) in [6, 6.07) is 21.4. The van der Waals surface area contributed by atoms with Gasteiger partial charge < -0.3 is 4.43 Å². The van der Waals surface area contributed by atoms with E-state index < -0.39 is 19.3 Å². The third kappa shape index (κ3) is 5.50. The number of benzene rings is 2. The van der Waals surface area contributed by atoms with Gasteiger partial charge >= 0.3 is 0 Å². The van der Waals surface area contributed by atoms with Gasteiger partial charge in [0, 0.05) is 6.04 Å². The Hall–Kier alpha value is -1.27. The Kier molecular flexibility index (Phi) is 8.25. The zero-order valence-corrected chi connectivity index (χ0v) is 21.7. The molecule has 30 heavy (non-hydrogen) atoms. The van der Waals surface area contributed by atoms with E-state index >= 15 is 0 Å². The first-order chi connectivity index (χ1) is 13.9. The molecular weight excluding hydrogens is 406 g/mol. The summed E-state index contributed by atoms with van der Waals surface area (Å²) in [5.41, 5.74) is 0. The number of hydrogen-bond donors (Lipinski definition) is 1. The zero-order chi connectivity index (χ0) is 22.6. The molecule has 0 aliphatic rings. The fraction of sp³-hybridized carbons (Fsp3) is 0.520. The predicted molar refractivity (Wildman–Crippen MR) is 133 cm³/mol. The molecule has 2 aromatic rings. The highest BCUT2D eigenvalue weighted by Crippen LogP contribution is 2.38. The van der Waals surface area contributed by atoms with Crippen LogP contribution < -0.4 is 15.1 Å². The van der Waals surface area contributed by atoms with Crippen LogP contribution in [0.3, 0.4) is 0 Å². The topological polar surface area (TPSA) is 38.3 Å². The molecule has 3 nitrogen and oxygen atoms in total. The summed E-state index contributed by atoms with van der Waals surface area (Å²) >= 11 is 0. The smallest absolute Gasteiger partial charge is 0.261 e. The molecular formula is C25H39NO2SSi. The second kappa shape index (κ2) is 9.90. The summed E-state index contributed by atoms with van der Waals surface area (Å²) in [6.45, 7) is 17.1. The highest BCUT2D eigenvalue weighted by atomic mass is 32.2. The average molecular weight is 446 g/mol. The Morgan fingerprint density at radius 2 is 1.33 bits per heavy atom. The molecule has 0 amide bonds. The number of nitrogens with one attached hydrogen (secondary N) is 1. The van der Waals surface area contributed by atoms with Gasteiger partial charge in [-0.25, -0.2) is 8.93 Å². The van der Waals surface area contributed by atoms with Gasteiger partial charge in [-0.3, -0.25) is 0 Å². The summed E-state index contributed by atoms with van der Waals surface area (Å²) in [6.07, 6.45) is 0.758. The van der Waals surface area contributed by atoms with Crippen molar-refractivity contribution in [2.24, 2.45) is 0 Å². The minimum Gasteiger partial charge on any atom is -0.403 e. The van der Waals surface area contributed by atoms with E-state index in [0.717, 1.165) is 6.42 Å². The zero-order valence-electron chi connectivity index (χ0n) is 19.9. The van der Waals surface area contributed by atoms with Crippen molar-refractivity contribution in [3.05, 3.63) is 60.7 Å². The van der Waals surface area contributed by atoms with Crippen molar-refractivity contribution >= 4 is 29.7 Å². The Bertz CT molecular complexity index is 773. The second-order valence-electron chi connectivity index (χ2n) is 10.00. The summed E-state index contributed by atoms with van der Waals surface area (Å²) in [7, 11) is -3.77. The molecule has 1 N–H and O–H groups in total. The molecule has 0 saturated carbocycles. The Morgan fingerprint density at radius 3 is 1.67 bits per heavy atom. The third-order valence-electron chi connectivity index (χ3n) is 5.60. The molecule has 2 rings (SSSR count). The molecule has 0 aliphatic heterocycles. The van der Waals surface area contributed by atoms with Gasteiger partial charge in [0.15, 0.2) is 0 Å². The predicted octanol–water partition coefficient (Wildman–Crippen LogP) is 4.78. The van der Waals surface area contributed by atoms with E-state index in [9.17, 15) is 4.21 Å². The van der Waals surface area contributed by atoms with Gasteiger partial charge in [0.1, 0.15) is 0 Å². The molecule has 0 spiro atoms. The van der Waals surface area contributed by atoms with Crippen molar-refractivity contribution in [1.29, 1.82) is 0 Å². The maximum atomic E-state index is 12.8. The fourth-order valence-corrected chi connectivity index (χ4v) is 9.60. The van der Waals surface area contributed by atoms with Gasteiger partial charge in [0.05, 0.1) is 21.8 Å². The van der Waals surface area contributed by atoms with E-state index in [1.165, 1.54) is 10.4 Å². The fourth-order valence-electron chi connectivity index (χ4n) is 3.88. The van der Waals surface area contributed by atoms with Crippen LogP contribution in [-0.2, 0) is 15.4 Å². The van der Waals surface area contributed by atoms with Crippen molar-refractivity contribution in [2.75, 3.05) is 0 Å². The van der Waals surface area contributed by atoms with Crippen LogP contribution in [0, 0.1) is 0 Å². The van der Waals surface area contributed by atoms with Crippen LogP contribution in [0.1, 0.15) is 61.8 Å². The molecule has 0 unspecified atom stereocenters. The summed E-state index contributed by atoms with van der Waals surface area (Å²) in [5, 5.41) is 2.45. The van der Waals surface area contributed by atoms with Crippen LogP contribution in [-0.4, -0.2) is 29.4 Å². The maximum absolute atomic E-state index is 12.8. The van der Waals surface area contributed by atoms with Crippen LogP contribution in [0.4, 0.5) is 0 Å². The lowest BCUT2D eigenvalue weighted by Gasteiger charge is -2.46. The molecule has 3 atom stereocenters. The highest BCUT2D eigenvalue weighted by molar-refractivity contribution is 7.84. The van der Waals surface area contributed by atoms with E-state index in [0.29, 0.717) is 0 Å². The highest BCUT2D eigenvalue weighted by Gasteiger charge is 2.51. The van der Waals surface area contributed by atoms with Crippen LogP contribution in [0.5, 0.6) is 0 Å². The summed E-state index contributed by atoms with van der Waals surface area (Å²) < 4.78 is 23.0. The van der Waals surface area contributed by atoms with Crippen molar-refractivity contribution in [1.82, 2.24) is 4.72 Å². The molecule has 0 fully saturated rings. The largest absolute Gasteiger partial charge is 0.403 e. The summed E-state index contributed by atoms with van der Waals surface area (Å²) in [5.74, 6) is 0. The van der Waals surface area contributed by atoms with Crippen LogP contribution in [0.2, 0.25) is 5.04 Å². The standard InChI is InChI=1S/C25H39NO2SSi/c1-9-23(26-29(27)24(3,4)5)20(2)28-30(25(6,7)8,21-16-12-10-13-17-21)22-18-14-11-15-19-22/h10-20,23,26H,9H2,1-8H3/t20-,23-,29-/m0/s1. The van der Waals surface area contributed by atoms with Crippen molar-refractivity contribution in [2.45, 2.75) is 83.7 Å². The quantitative estimate of drug-likeness (QED) is 0.594. The molecule has 166 valence electrons. The molecule has 0 bridgehead atoms.